The number of hydrogen-bond donors (Lipinski definition) is 3. The van der Waals surface area contributed by atoms with Gasteiger partial charge in [0.05, 0.1) is 25.6 Å². The van der Waals surface area contributed by atoms with Crippen LogP contribution in [0.25, 0.3) is 11.3 Å². The summed E-state index contributed by atoms with van der Waals surface area (Å²) in [5.41, 5.74) is 2.88. The van der Waals surface area contributed by atoms with E-state index in [1.54, 1.807) is 32.7 Å². The lowest BCUT2D eigenvalue weighted by Gasteiger charge is -2.14. The zero-order chi connectivity index (χ0) is 18.7. The molecule has 0 spiro atoms. The molecule has 2 aromatic heterocycles. The molecule has 1 aromatic carbocycles. The lowest BCUT2D eigenvalue weighted by Crippen LogP contribution is -2.02. The minimum atomic E-state index is -1.03. The van der Waals surface area contributed by atoms with Crippen molar-refractivity contribution in [3.8, 4) is 22.8 Å². The van der Waals surface area contributed by atoms with E-state index >= 15 is 0 Å². The SMILES string of the molecule is COc1cccc(Nc2ncc(C)c(-c3c[nH]c(C(=O)O)c3)n2)c1OC. The molecule has 0 fully saturated rings. The molecule has 0 bridgehead atoms. The summed E-state index contributed by atoms with van der Waals surface area (Å²) >= 11 is 0. The largest absolute Gasteiger partial charge is 0.493 e. The van der Waals surface area contributed by atoms with Crippen LogP contribution in [0.2, 0.25) is 0 Å². The van der Waals surface area contributed by atoms with Crippen molar-refractivity contribution in [3.05, 3.63) is 47.9 Å². The number of carboxylic acid groups (broad SMARTS) is 1. The number of aromatic carboxylic acids is 1. The van der Waals surface area contributed by atoms with Gasteiger partial charge in [-0.25, -0.2) is 14.8 Å². The number of nitrogens with one attached hydrogen (secondary N) is 2. The van der Waals surface area contributed by atoms with Gasteiger partial charge in [0.15, 0.2) is 11.5 Å². The second-order valence-electron chi connectivity index (χ2n) is 5.50. The number of aryl methyl sites for hydroxylation is 1. The van der Waals surface area contributed by atoms with Crippen molar-refractivity contribution in [2.75, 3.05) is 19.5 Å². The van der Waals surface area contributed by atoms with Crippen LogP contribution in [-0.2, 0) is 0 Å². The van der Waals surface area contributed by atoms with Crippen molar-refractivity contribution in [2.24, 2.45) is 0 Å². The average molecular weight is 354 g/mol. The molecule has 0 aliphatic carbocycles. The van der Waals surface area contributed by atoms with Crippen LogP contribution in [0.15, 0.2) is 36.7 Å². The molecule has 0 saturated carbocycles. The molecular formula is C18H18N4O4. The summed E-state index contributed by atoms with van der Waals surface area (Å²) in [6.45, 7) is 1.86. The van der Waals surface area contributed by atoms with Gasteiger partial charge in [0.2, 0.25) is 5.95 Å². The van der Waals surface area contributed by atoms with Crippen LogP contribution >= 0.6 is 0 Å². The molecule has 0 atom stereocenters. The Morgan fingerprint density at radius 3 is 2.73 bits per heavy atom. The maximum Gasteiger partial charge on any atom is 0.352 e. The van der Waals surface area contributed by atoms with E-state index in [1.807, 2.05) is 19.1 Å². The van der Waals surface area contributed by atoms with Crippen molar-refractivity contribution < 1.29 is 19.4 Å². The van der Waals surface area contributed by atoms with Gasteiger partial charge in [-0.15, -0.1) is 0 Å². The second-order valence-corrected chi connectivity index (χ2v) is 5.50. The smallest absolute Gasteiger partial charge is 0.352 e. The first-order valence-electron chi connectivity index (χ1n) is 7.77. The highest BCUT2D eigenvalue weighted by molar-refractivity contribution is 5.87. The van der Waals surface area contributed by atoms with Crippen molar-refractivity contribution in [1.29, 1.82) is 0 Å². The van der Waals surface area contributed by atoms with Crippen LogP contribution in [-0.4, -0.2) is 40.2 Å². The van der Waals surface area contributed by atoms with Crippen molar-refractivity contribution in [3.63, 3.8) is 0 Å². The number of ether oxygens (including phenoxy) is 2. The molecule has 8 nitrogen and oxygen atoms in total. The number of nitrogens with zero attached hydrogens (tertiary/aromatic N) is 2. The zero-order valence-electron chi connectivity index (χ0n) is 14.5. The van der Waals surface area contributed by atoms with Crippen LogP contribution in [0.1, 0.15) is 16.1 Å². The summed E-state index contributed by atoms with van der Waals surface area (Å²) in [4.78, 5) is 22.6. The third-order valence-corrected chi connectivity index (χ3v) is 3.81. The Balaban J connectivity index is 1.97. The summed E-state index contributed by atoms with van der Waals surface area (Å²) < 4.78 is 10.7. The van der Waals surface area contributed by atoms with Gasteiger partial charge in [0.1, 0.15) is 5.69 Å². The number of benzene rings is 1. The Morgan fingerprint density at radius 1 is 1.27 bits per heavy atom. The summed E-state index contributed by atoms with van der Waals surface area (Å²) in [6, 6.07) is 6.97. The highest BCUT2D eigenvalue weighted by Crippen LogP contribution is 2.36. The fourth-order valence-electron chi connectivity index (χ4n) is 2.56. The Kier molecular flexibility index (Phi) is 4.74. The van der Waals surface area contributed by atoms with E-state index < -0.39 is 5.97 Å². The van der Waals surface area contributed by atoms with Crippen molar-refractivity contribution in [1.82, 2.24) is 15.0 Å². The van der Waals surface area contributed by atoms with Crippen molar-refractivity contribution in [2.45, 2.75) is 6.92 Å². The van der Waals surface area contributed by atoms with E-state index in [0.717, 1.165) is 5.56 Å². The molecule has 26 heavy (non-hydrogen) atoms. The molecule has 0 unspecified atom stereocenters. The molecule has 0 saturated heterocycles. The first-order chi connectivity index (χ1) is 12.5. The van der Waals surface area contributed by atoms with Gasteiger partial charge in [0.25, 0.3) is 0 Å². The molecule has 0 aliphatic heterocycles. The van der Waals surface area contributed by atoms with Crippen LogP contribution in [0.5, 0.6) is 11.5 Å². The number of methoxy groups -OCH3 is 2. The Morgan fingerprint density at radius 2 is 2.08 bits per heavy atom. The molecule has 0 amide bonds. The third kappa shape index (κ3) is 3.30. The maximum atomic E-state index is 11.1. The van der Waals surface area contributed by atoms with E-state index in [-0.39, 0.29) is 5.69 Å². The maximum absolute atomic E-state index is 11.1. The molecular weight excluding hydrogens is 336 g/mol. The monoisotopic (exact) mass is 354 g/mol. The topological polar surface area (TPSA) is 109 Å². The molecule has 0 radical (unpaired) electrons. The highest BCUT2D eigenvalue weighted by Gasteiger charge is 2.14. The number of rotatable bonds is 6. The molecule has 3 rings (SSSR count). The minimum absolute atomic E-state index is 0.0991. The summed E-state index contributed by atoms with van der Waals surface area (Å²) in [7, 11) is 3.12. The highest BCUT2D eigenvalue weighted by atomic mass is 16.5. The van der Waals surface area contributed by atoms with Gasteiger partial charge < -0.3 is 24.9 Å². The summed E-state index contributed by atoms with van der Waals surface area (Å²) in [5, 5.41) is 12.2. The molecule has 0 aliphatic rings. The quantitative estimate of drug-likeness (QED) is 0.623. The summed E-state index contributed by atoms with van der Waals surface area (Å²) in [5.74, 6) is 0.453. The zero-order valence-corrected chi connectivity index (χ0v) is 14.5. The van der Waals surface area contributed by atoms with E-state index in [9.17, 15) is 4.79 Å². The number of H-pyrrole nitrogens is 1. The first kappa shape index (κ1) is 17.3. The minimum Gasteiger partial charge on any atom is -0.493 e. The van der Waals surface area contributed by atoms with Crippen LogP contribution < -0.4 is 14.8 Å². The van der Waals surface area contributed by atoms with Gasteiger partial charge >= 0.3 is 5.97 Å². The van der Waals surface area contributed by atoms with Crippen molar-refractivity contribution >= 4 is 17.6 Å². The van der Waals surface area contributed by atoms with Crippen LogP contribution in [0, 0.1) is 6.92 Å². The second kappa shape index (κ2) is 7.14. The van der Waals surface area contributed by atoms with Crippen LogP contribution in [0.3, 0.4) is 0 Å². The number of anilines is 2. The Labute approximate surface area is 149 Å². The van der Waals surface area contributed by atoms with Gasteiger partial charge in [0, 0.05) is 18.0 Å². The lowest BCUT2D eigenvalue weighted by molar-refractivity contribution is 0.0691. The number of aromatic nitrogens is 3. The van der Waals surface area contributed by atoms with E-state index in [0.29, 0.717) is 34.4 Å². The van der Waals surface area contributed by atoms with E-state index in [2.05, 4.69) is 20.3 Å². The van der Waals surface area contributed by atoms with E-state index in [4.69, 9.17) is 14.6 Å². The van der Waals surface area contributed by atoms with Gasteiger partial charge in [-0.05, 0) is 30.7 Å². The molecule has 2 heterocycles. The summed E-state index contributed by atoms with van der Waals surface area (Å²) in [6.07, 6.45) is 3.28. The van der Waals surface area contributed by atoms with Gasteiger partial charge in [-0.1, -0.05) is 6.07 Å². The molecule has 8 heteroatoms. The molecule has 3 aromatic rings. The van der Waals surface area contributed by atoms with E-state index in [1.165, 1.54) is 6.07 Å². The first-order valence-corrected chi connectivity index (χ1v) is 7.77. The van der Waals surface area contributed by atoms with Gasteiger partial charge in [-0.2, -0.15) is 0 Å². The van der Waals surface area contributed by atoms with Gasteiger partial charge in [-0.3, -0.25) is 0 Å². The standard InChI is InChI=1S/C18H18N4O4/c1-10-8-20-18(21-12-5-4-6-14(25-2)16(12)26-3)22-15(10)11-7-13(17(23)24)19-9-11/h4-9,19H,1-3H3,(H,23,24)(H,20,21,22). The number of carbonyl (C=O) groups is 1. The normalized spacial score (nSPS) is 10.4. The lowest BCUT2D eigenvalue weighted by atomic mass is 10.1. The Hall–Kier alpha value is -3.55. The molecule has 134 valence electrons. The predicted octanol–water partition coefficient (Wildman–Crippen LogP) is 3.24. The molecule has 3 N–H and O–H groups in total. The predicted molar refractivity (Wildman–Crippen MR) is 96.3 cm³/mol. The third-order valence-electron chi connectivity index (χ3n) is 3.81. The number of carboxylic acids is 1. The average Bonchev–Trinajstić information content (AvgIpc) is 3.13. The Bertz CT molecular complexity index is 952. The number of aromatic amines is 1. The van der Waals surface area contributed by atoms with Crippen LogP contribution in [0.4, 0.5) is 11.6 Å². The fraction of sp³-hybridized carbons (Fsp3) is 0.167. The number of para-hydroxylation sites is 1. The fourth-order valence-corrected chi connectivity index (χ4v) is 2.56. The number of hydrogen-bond acceptors (Lipinski definition) is 6.